The van der Waals surface area contributed by atoms with E-state index in [1.54, 1.807) is 34.8 Å². The number of thiophene rings is 2. The van der Waals surface area contributed by atoms with Crippen molar-refractivity contribution < 1.29 is 38.1 Å². The number of pyridine rings is 2. The van der Waals surface area contributed by atoms with Gasteiger partial charge in [0.15, 0.2) is 13.5 Å². The lowest BCUT2D eigenvalue weighted by atomic mass is 10.0. The van der Waals surface area contributed by atoms with Gasteiger partial charge in [-0.2, -0.15) is 0 Å². The van der Waals surface area contributed by atoms with Crippen LogP contribution >= 0.6 is 22.7 Å². The molecule has 3 fully saturated rings. The minimum atomic E-state index is -0.335. The van der Waals surface area contributed by atoms with Crippen molar-refractivity contribution in [2.45, 2.75) is 168 Å². The summed E-state index contributed by atoms with van der Waals surface area (Å²) in [5.74, 6) is 0.969. The molecule has 0 saturated carbocycles. The molecule has 2 amide bonds. The number of carbonyl (C=O) groups is 4. The number of nitrogens with zero attached hydrogens (tertiary/aromatic N) is 8. The maximum Gasteiger partial charge on any atom is 0.307 e. The van der Waals surface area contributed by atoms with E-state index in [0.717, 1.165) is 166 Å². The second-order valence-electron chi connectivity index (χ2n) is 27.0. The number of piperazine rings is 3. The first kappa shape index (κ1) is 71.5. The van der Waals surface area contributed by atoms with E-state index >= 15 is 0 Å². The van der Waals surface area contributed by atoms with E-state index in [-0.39, 0.29) is 73.3 Å². The molecule has 20 heteroatoms. The van der Waals surface area contributed by atoms with Crippen LogP contribution in [-0.2, 0) is 42.1 Å². The summed E-state index contributed by atoms with van der Waals surface area (Å²) < 4.78 is 29.2. The molecule has 11 rings (SSSR count). The second-order valence-corrected chi connectivity index (χ2v) is 28.8. The van der Waals surface area contributed by atoms with Crippen LogP contribution in [0.25, 0.3) is 42.0 Å². The number of amides is 2. The first-order chi connectivity index (χ1) is 47.9. The number of fused-ring (bicyclic) bond motifs is 4. The van der Waals surface area contributed by atoms with Gasteiger partial charge in [-0.1, -0.05) is 63.5 Å². The van der Waals surface area contributed by atoms with Crippen molar-refractivity contribution in [2.24, 2.45) is 0 Å². The van der Waals surface area contributed by atoms with E-state index in [2.05, 4.69) is 78.9 Å². The van der Waals surface area contributed by atoms with Crippen molar-refractivity contribution in [3.8, 4) is 11.5 Å². The smallest absolute Gasteiger partial charge is 0.307 e. The maximum absolute atomic E-state index is 13.4. The van der Waals surface area contributed by atoms with Crippen LogP contribution in [0.3, 0.4) is 0 Å². The maximum atomic E-state index is 13.4. The number of anilines is 2. The number of esters is 2. The molecule has 0 N–H and O–H groups in total. The van der Waals surface area contributed by atoms with Gasteiger partial charge >= 0.3 is 11.9 Å². The highest BCUT2D eigenvalue weighted by Gasteiger charge is 2.34. The van der Waals surface area contributed by atoms with Gasteiger partial charge in [-0.05, 0) is 173 Å². The number of rotatable bonds is 36. The zero-order chi connectivity index (χ0) is 68.0. The average Bonchev–Trinajstić information content (AvgIpc) is 1.18. The fourth-order valence-electron chi connectivity index (χ4n) is 14.2. The van der Waals surface area contributed by atoms with Gasteiger partial charge in [0.1, 0.15) is 11.5 Å². The molecule has 3 aliphatic heterocycles. The van der Waals surface area contributed by atoms with Crippen LogP contribution < -0.4 is 30.4 Å². The van der Waals surface area contributed by atoms with Crippen LogP contribution in [0.4, 0.5) is 11.4 Å². The molecule has 0 aliphatic carbocycles. The molecule has 98 heavy (non-hydrogen) atoms. The first-order valence-corrected chi connectivity index (χ1v) is 38.0. The summed E-state index contributed by atoms with van der Waals surface area (Å²) in [4.78, 5) is 92.5. The molecule has 2 atom stereocenters. The Kier molecular flexibility index (Phi) is 26.5. The van der Waals surface area contributed by atoms with E-state index in [1.165, 1.54) is 52.8 Å². The molecule has 3 aliphatic rings. The van der Waals surface area contributed by atoms with Crippen molar-refractivity contribution in [3.05, 3.63) is 141 Å². The Labute approximate surface area is 584 Å². The summed E-state index contributed by atoms with van der Waals surface area (Å²) in [7, 11) is 0. The van der Waals surface area contributed by atoms with Crippen molar-refractivity contribution in [1.82, 2.24) is 28.7 Å². The molecule has 4 aromatic heterocycles. The number of aromatic nitrogens is 2. The van der Waals surface area contributed by atoms with E-state index in [4.69, 9.17) is 18.9 Å². The van der Waals surface area contributed by atoms with Gasteiger partial charge in [0.05, 0.1) is 24.2 Å². The van der Waals surface area contributed by atoms with Crippen LogP contribution in [0.5, 0.6) is 11.5 Å². The monoisotopic (exact) mass is 1370 g/mol. The Hall–Kier alpha value is -7.78. The van der Waals surface area contributed by atoms with Crippen molar-refractivity contribution in [3.63, 3.8) is 0 Å². The van der Waals surface area contributed by atoms with Crippen LogP contribution in [0, 0.1) is 0 Å². The highest BCUT2D eigenvalue weighted by molar-refractivity contribution is 7.17. The highest BCUT2D eigenvalue weighted by atomic mass is 32.1. The molecule has 524 valence electrons. The standard InChI is InChI=1S/C78H100N8O10S2/c1-59-55-84(74(88)26-12-8-4-6-10-14-28-78(92)96-58-86-70-54-64(34-30-62(70)32-36-76(86)90)94-50-18-16-40-80-43-47-82(48-44-80)68-22-20-24-72-66(68)38-52-98-72)60(2)56-83(59)73(87)25-11-7-3-5-9-13-27-77(91)95-57-85-69-53-63(33-29-61(69)31-35-75(85)89)93-49-17-15-39-79-41-45-81(46-42-79)67-21-19-23-71-65(67)37-51-97-71/h19-24,29-38,51-54,59-60H,3-18,25-28,39-50,55-58H2,1-2H3/t59-,60+. The normalized spacial score (nSPS) is 16.4. The number of hydrogen-bond acceptors (Lipinski definition) is 16. The van der Waals surface area contributed by atoms with E-state index < -0.39 is 0 Å². The third kappa shape index (κ3) is 19.8. The van der Waals surface area contributed by atoms with Gasteiger partial charge in [-0.25, -0.2) is 0 Å². The summed E-state index contributed by atoms with van der Waals surface area (Å²) in [6, 6.07) is 35.6. The Morgan fingerprint density at radius 1 is 0.429 bits per heavy atom. The molecule has 4 aromatic carbocycles. The van der Waals surface area contributed by atoms with Gasteiger partial charge in [-0.3, -0.25) is 47.7 Å². The van der Waals surface area contributed by atoms with Gasteiger partial charge < -0.3 is 38.5 Å². The molecule has 18 nitrogen and oxygen atoms in total. The fourth-order valence-corrected chi connectivity index (χ4v) is 15.8. The molecule has 3 saturated heterocycles. The third-order valence-electron chi connectivity index (χ3n) is 20.0. The van der Waals surface area contributed by atoms with Crippen molar-refractivity contribution in [1.29, 1.82) is 0 Å². The number of carbonyl (C=O) groups excluding carboxylic acids is 4. The Morgan fingerprint density at radius 3 is 1.23 bits per heavy atom. The lowest BCUT2D eigenvalue weighted by Gasteiger charge is -2.44. The molecule has 7 heterocycles. The van der Waals surface area contributed by atoms with Crippen molar-refractivity contribution in [2.75, 3.05) is 102 Å². The van der Waals surface area contributed by atoms with E-state index in [1.807, 2.05) is 60.0 Å². The van der Waals surface area contributed by atoms with Gasteiger partial charge in [0.2, 0.25) is 11.8 Å². The molecular formula is C78H100N8O10S2. The lowest BCUT2D eigenvalue weighted by molar-refractivity contribution is -0.148. The SMILES string of the molecule is C[C@@H]1CN(C(=O)CCCCCCCCC(=O)OCn2c(=O)ccc3ccc(OCCCCN4CCN(c5cccc6sccc56)CC4)cc32)[C@@H](C)CN1C(=O)CCCCCCCCC(=O)OCn1c(=O)ccc2ccc(OCCCCN3CCN(c4cccc5sccc45)CC3)cc21. The molecule has 0 radical (unpaired) electrons. The number of benzene rings is 4. The predicted molar refractivity (Wildman–Crippen MR) is 395 cm³/mol. The quantitative estimate of drug-likeness (QED) is 0.0269. The van der Waals surface area contributed by atoms with E-state index in [9.17, 15) is 28.8 Å². The minimum absolute atomic E-state index is 0.0505. The fraction of sp³-hybridized carbons (Fsp3) is 0.513. The van der Waals surface area contributed by atoms with Crippen LogP contribution in [0.2, 0.25) is 0 Å². The topological polar surface area (TPSA) is 169 Å². The summed E-state index contributed by atoms with van der Waals surface area (Å²) in [6.07, 6.45) is 15.9. The highest BCUT2D eigenvalue weighted by Crippen LogP contribution is 2.33. The Balaban J connectivity index is 0.485. The van der Waals surface area contributed by atoms with Crippen LogP contribution in [0.15, 0.2) is 130 Å². The molecule has 0 bridgehead atoms. The van der Waals surface area contributed by atoms with Gasteiger partial charge in [0.25, 0.3) is 11.1 Å². The number of hydrogen-bond donors (Lipinski definition) is 0. The molecule has 0 spiro atoms. The second kappa shape index (κ2) is 36.3. The third-order valence-corrected chi connectivity index (χ3v) is 21.7. The van der Waals surface area contributed by atoms with Crippen molar-refractivity contribution >= 4 is 99.8 Å². The van der Waals surface area contributed by atoms with Gasteiger partial charge in [0, 0.05) is 159 Å². The molecule has 0 unspecified atom stereocenters. The summed E-state index contributed by atoms with van der Waals surface area (Å²) in [5.41, 5.74) is 3.53. The summed E-state index contributed by atoms with van der Waals surface area (Å²) >= 11 is 3.59. The van der Waals surface area contributed by atoms with Crippen LogP contribution in [0.1, 0.15) is 142 Å². The number of unbranched alkanes of at least 4 members (excludes halogenated alkanes) is 12. The summed E-state index contributed by atoms with van der Waals surface area (Å²) in [6.45, 7) is 16.3. The largest absolute Gasteiger partial charge is 0.494 e. The van der Waals surface area contributed by atoms with Crippen LogP contribution in [-0.4, -0.2) is 156 Å². The predicted octanol–water partition coefficient (Wildman–Crippen LogP) is 14.1. The minimum Gasteiger partial charge on any atom is -0.494 e. The molecule has 8 aromatic rings. The van der Waals surface area contributed by atoms with E-state index in [0.29, 0.717) is 74.5 Å². The average molecular weight is 1370 g/mol. The lowest BCUT2D eigenvalue weighted by Crippen LogP contribution is -2.59. The number of ether oxygens (including phenoxy) is 4. The Bertz CT molecular complexity index is 3780. The Morgan fingerprint density at radius 2 is 0.816 bits per heavy atom. The zero-order valence-electron chi connectivity index (χ0n) is 57.6. The zero-order valence-corrected chi connectivity index (χ0v) is 59.3. The first-order valence-electron chi connectivity index (χ1n) is 36.2. The van der Waals surface area contributed by atoms with Gasteiger partial charge in [-0.15, -0.1) is 22.7 Å². The molecular weight excluding hydrogens is 1270 g/mol. The summed E-state index contributed by atoms with van der Waals surface area (Å²) in [5, 5.41) is 8.78.